The Morgan fingerprint density at radius 1 is 1.07 bits per heavy atom. The van der Waals surface area contributed by atoms with Crippen molar-refractivity contribution in [1.82, 2.24) is 20.4 Å². The summed E-state index contributed by atoms with van der Waals surface area (Å²) in [6.07, 6.45) is 10.6. The van der Waals surface area contributed by atoms with E-state index in [1.165, 1.54) is 38.5 Å². The number of halogens is 1. The molecule has 0 atom stereocenters. The summed E-state index contributed by atoms with van der Waals surface area (Å²) in [5.74, 6) is 1.75. The number of nitrogens with zero attached hydrogens (tertiary/aromatic N) is 3. The molecule has 2 fully saturated rings. The largest absolute Gasteiger partial charge is 0.379 e. The third-order valence-corrected chi connectivity index (χ3v) is 5.72. The number of carbonyl (C=O) groups excluding carboxylic acids is 1. The van der Waals surface area contributed by atoms with Crippen LogP contribution in [0.5, 0.6) is 0 Å². The average molecular weight is 524 g/mol. The lowest BCUT2D eigenvalue weighted by atomic mass is 10.0. The molecule has 0 unspecified atom stereocenters. The van der Waals surface area contributed by atoms with Crippen LogP contribution in [0.3, 0.4) is 0 Å². The molecule has 1 aliphatic carbocycles. The second-order valence-electron chi connectivity index (χ2n) is 8.26. The van der Waals surface area contributed by atoms with E-state index in [1.54, 1.807) is 19.0 Å². The Morgan fingerprint density at radius 3 is 2.38 bits per heavy atom. The van der Waals surface area contributed by atoms with Crippen LogP contribution in [-0.2, 0) is 9.53 Å². The van der Waals surface area contributed by atoms with E-state index in [9.17, 15) is 4.79 Å². The Labute approximate surface area is 194 Å². The highest BCUT2D eigenvalue weighted by molar-refractivity contribution is 14.0. The van der Waals surface area contributed by atoms with Crippen LogP contribution in [0.2, 0.25) is 0 Å². The van der Waals surface area contributed by atoms with Gasteiger partial charge >= 0.3 is 0 Å². The van der Waals surface area contributed by atoms with Crippen LogP contribution in [0.4, 0.5) is 0 Å². The van der Waals surface area contributed by atoms with Crippen LogP contribution in [0.25, 0.3) is 0 Å². The maximum Gasteiger partial charge on any atom is 0.243 e. The zero-order valence-electron chi connectivity index (χ0n) is 18.5. The van der Waals surface area contributed by atoms with Crippen molar-refractivity contribution in [2.24, 2.45) is 10.9 Å². The lowest BCUT2D eigenvalue weighted by molar-refractivity contribution is -0.127. The summed E-state index contributed by atoms with van der Waals surface area (Å²) in [6.45, 7) is 6.77. The summed E-state index contributed by atoms with van der Waals surface area (Å²) in [7, 11) is 3.54. The van der Waals surface area contributed by atoms with Crippen LogP contribution in [0.1, 0.15) is 51.4 Å². The summed E-state index contributed by atoms with van der Waals surface area (Å²) in [6, 6.07) is 0. The number of nitrogens with one attached hydrogen (secondary N) is 2. The lowest BCUT2D eigenvalue weighted by Crippen LogP contribution is -2.41. The molecule has 0 aromatic rings. The zero-order chi connectivity index (χ0) is 20.0. The SMILES string of the molecule is CN(C)C(=O)CN=C(NCCCCC1CCCC1)NCCCN1CCOCC1.I. The van der Waals surface area contributed by atoms with Crippen LogP contribution >= 0.6 is 24.0 Å². The number of likely N-dealkylation sites (N-methyl/N-ethyl adjacent to an activating group) is 1. The van der Waals surface area contributed by atoms with E-state index < -0.39 is 0 Å². The Kier molecular flexibility index (Phi) is 14.7. The van der Waals surface area contributed by atoms with E-state index in [0.717, 1.165) is 70.7 Å². The topological polar surface area (TPSA) is 69.2 Å². The van der Waals surface area contributed by atoms with Gasteiger partial charge in [0.2, 0.25) is 5.91 Å². The third-order valence-electron chi connectivity index (χ3n) is 5.72. The number of hydrogen-bond acceptors (Lipinski definition) is 4. The number of aliphatic imine (C=N–C) groups is 1. The number of unbranched alkanes of at least 4 members (excludes halogenated alkanes) is 1. The van der Waals surface area contributed by atoms with Crippen molar-refractivity contribution in [1.29, 1.82) is 0 Å². The molecule has 2 rings (SSSR count). The highest BCUT2D eigenvalue weighted by atomic mass is 127. The van der Waals surface area contributed by atoms with E-state index >= 15 is 0 Å². The fraction of sp³-hybridized carbons (Fsp3) is 0.905. The fourth-order valence-corrected chi connectivity index (χ4v) is 3.86. The summed E-state index contributed by atoms with van der Waals surface area (Å²) < 4.78 is 5.39. The molecular formula is C21H42IN5O2. The highest BCUT2D eigenvalue weighted by Crippen LogP contribution is 2.28. The van der Waals surface area contributed by atoms with Gasteiger partial charge in [0, 0.05) is 40.3 Å². The molecule has 2 aliphatic rings. The molecule has 1 saturated carbocycles. The van der Waals surface area contributed by atoms with E-state index in [0.29, 0.717) is 0 Å². The Hall–Kier alpha value is -0.610. The third kappa shape index (κ3) is 12.0. The lowest BCUT2D eigenvalue weighted by Gasteiger charge is -2.26. The van der Waals surface area contributed by atoms with Gasteiger partial charge < -0.3 is 20.3 Å². The normalized spacial score (nSPS) is 18.3. The second-order valence-corrected chi connectivity index (χ2v) is 8.26. The number of rotatable bonds is 11. The monoisotopic (exact) mass is 523 g/mol. The molecule has 1 amide bonds. The maximum absolute atomic E-state index is 11.9. The van der Waals surface area contributed by atoms with Crippen molar-refractivity contribution < 1.29 is 9.53 Å². The molecule has 0 bridgehead atoms. The number of hydrogen-bond donors (Lipinski definition) is 2. The number of amides is 1. The summed E-state index contributed by atoms with van der Waals surface area (Å²) in [5, 5.41) is 6.81. The minimum Gasteiger partial charge on any atom is -0.379 e. The molecule has 0 aromatic carbocycles. The molecule has 7 nitrogen and oxygen atoms in total. The first-order valence-corrected chi connectivity index (χ1v) is 11.2. The van der Waals surface area contributed by atoms with Gasteiger partial charge in [-0.2, -0.15) is 0 Å². The van der Waals surface area contributed by atoms with Gasteiger partial charge in [-0.05, 0) is 25.3 Å². The Balaban J connectivity index is 0.00000420. The highest BCUT2D eigenvalue weighted by Gasteiger charge is 2.14. The van der Waals surface area contributed by atoms with Crippen molar-refractivity contribution in [3.63, 3.8) is 0 Å². The molecule has 0 radical (unpaired) electrons. The minimum atomic E-state index is 0. The fourth-order valence-electron chi connectivity index (χ4n) is 3.86. The van der Waals surface area contributed by atoms with Gasteiger partial charge in [-0.3, -0.25) is 9.69 Å². The molecule has 170 valence electrons. The zero-order valence-corrected chi connectivity index (χ0v) is 20.8. The quantitative estimate of drug-likeness (QED) is 0.188. The van der Waals surface area contributed by atoms with E-state index in [1.807, 2.05) is 0 Å². The summed E-state index contributed by atoms with van der Waals surface area (Å²) >= 11 is 0. The van der Waals surface area contributed by atoms with Crippen molar-refractivity contribution in [2.75, 3.05) is 66.6 Å². The van der Waals surface area contributed by atoms with Gasteiger partial charge in [-0.1, -0.05) is 38.5 Å². The Bertz CT molecular complexity index is 464. The number of guanidine groups is 1. The van der Waals surface area contributed by atoms with E-state index in [-0.39, 0.29) is 36.4 Å². The van der Waals surface area contributed by atoms with Gasteiger partial charge in [0.15, 0.2) is 5.96 Å². The number of ether oxygens (including phenoxy) is 1. The van der Waals surface area contributed by atoms with Gasteiger partial charge in [0.05, 0.1) is 13.2 Å². The molecule has 29 heavy (non-hydrogen) atoms. The average Bonchev–Trinajstić information content (AvgIpc) is 3.22. The molecule has 2 N–H and O–H groups in total. The molecule has 1 heterocycles. The van der Waals surface area contributed by atoms with E-state index in [4.69, 9.17) is 4.74 Å². The molecular weight excluding hydrogens is 481 g/mol. The van der Waals surface area contributed by atoms with E-state index in [2.05, 4.69) is 20.5 Å². The predicted octanol–water partition coefficient (Wildman–Crippen LogP) is 2.31. The summed E-state index contributed by atoms with van der Waals surface area (Å²) in [4.78, 5) is 20.3. The number of morpholine rings is 1. The molecule has 0 aromatic heterocycles. The molecule has 1 aliphatic heterocycles. The molecule has 8 heteroatoms. The maximum atomic E-state index is 11.9. The first-order chi connectivity index (χ1) is 13.6. The second kappa shape index (κ2) is 16.1. The Morgan fingerprint density at radius 2 is 1.72 bits per heavy atom. The predicted molar refractivity (Wildman–Crippen MR) is 130 cm³/mol. The molecule has 0 spiro atoms. The van der Waals surface area contributed by atoms with Gasteiger partial charge in [0.1, 0.15) is 6.54 Å². The van der Waals surface area contributed by atoms with Crippen molar-refractivity contribution in [3.05, 3.63) is 0 Å². The van der Waals surface area contributed by atoms with Gasteiger partial charge in [0.25, 0.3) is 0 Å². The first kappa shape index (κ1) is 26.4. The first-order valence-electron chi connectivity index (χ1n) is 11.2. The van der Waals surface area contributed by atoms with Crippen LogP contribution in [0.15, 0.2) is 4.99 Å². The van der Waals surface area contributed by atoms with Crippen LogP contribution in [-0.4, -0.2) is 88.2 Å². The van der Waals surface area contributed by atoms with Gasteiger partial charge in [-0.15, -0.1) is 24.0 Å². The van der Waals surface area contributed by atoms with Crippen LogP contribution in [0, 0.1) is 5.92 Å². The standard InChI is InChI=1S/C21H41N5O2.HI/c1-25(2)20(27)18-24-21(22-11-6-5-10-19-8-3-4-9-19)23-12-7-13-26-14-16-28-17-15-26;/h19H,3-18H2,1-2H3,(H2,22,23,24);1H. The summed E-state index contributed by atoms with van der Waals surface area (Å²) in [5.41, 5.74) is 0. The molecule has 1 saturated heterocycles. The van der Waals surface area contributed by atoms with Gasteiger partial charge in [-0.25, -0.2) is 4.99 Å². The smallest absolute Gasteiger partial charge is 0.243 e. The van der Waals surface area contributed by atoms with Crippen molar-refractivity contribution >= 4 is 35.8 Å². The van der Waals surface area contributed by atoms with Crippen LogP contribution < -0.4 is 10.6 Å². The number of carbonyl (C=O) groups is 1. The minimum absolute atomic E-state index is 0. The van der Waals surface area contributed by atoms with Crippen molar-refractivity contribution in [2.45, 2.75) is 51.4 Å². The van der Waals surface area contributed by atoms with Crippen molar-refractivity contribution in [3.8, 4) is 0 Å².